The van der Waals surface area contributed by atoms with Gasteiger partial charge in [-0.3, -0.25) is 4.79 Å². The number of benzene rings is 2. The van der Waals surface area contributed by atoms with Gasteiger partial charge in [-0.2, -0.15) is 0 Å². The number of fused-ring (bicyclic) bond motifs is 2. The van der Waals surface area contributed by atoms with Gasteiger partial charge in [0, 0.05) is 9.79 Å². The maximum atomic E-state index is 13.1. The first kappa shape index (κ1) is 16.6. The summed E-state index contributed by atoms with van der Waals surface area (Å²) in [7, 11) is 0. The second kappa shape index (κ2) is 7.14. The zero-order valence-corrected chi connectivity index (χ0v) is 15.6. The molecule has 0 bridgehead atoms. The molecule has 0 fully saturated rings. The molecular weight excluding hydrogens is 346 g/mol. The van der Waals surface area contributed by atoms with Crippen LogP contribution in [-0.2, 0) is 4.79 Å². The highest BCUT2D eigenvalue weighted by Gasteiger charge is 2.36. The molecule has 0 spiro atoms. The first-order valence-electron chi connectivity index (χ1n) is 8.34. The van der Waals surface area contributed by atoms with Gasteiger partial charge in [-0.15, -0.1) is 23.5 Å². The third-order valence-electron chi connectivity index (χ3n) is 4.39. The number of para-hydroxylation sites is 1. The monoisotopic (exact) mass is 365 g/mol. The summed E-state index contributed by atoms with van der Waals surface area (Å²) in [6, 6.07) is 16.6. The maximum Gasteiger partial charge on any atom is 0.237 e. The lowest BCUT2D eigenvalue weighted by Gasteiger charge is -2.40. The molecule has 0 aromatic heterocycles. The van der Waals surface area contributed by atoms with E-state index in [9.17, 15) is 4.79 Å². The fourth-order valence-corrected chi connectivity index (χ4v) is 5.15. The first-order chi connectivity index (χ1) is 12.2. The topological polar surface area (TPSA) is 20.3 Å². The van der Waals surface area contributed by atoms with Gasteiger partial charge in [0.1, 0.15) is 0 Å². The van der Waals surface area contributed by atoms with E-state index < -0.39 is 0 Å². The van der Waals surface area contributed by atoms with E-state index in [1.807, 2.05) is 34.9 Å². The van der Waals surface area contributed by atoms with Crippen molar-refractivity contribution in [1.82, 2.24) is 0 Å². The van der Waals surface area contributed by atoms with Crippen LogP contribution in [0, 0.1) is 6.92 Å². The van der Waals surface area contributed by atoms with Crippen LogP contribution in [0.15, 0.2) is 82.6 Å². The summed E-state index contributed by atoms with van der Waals surface area (Å²) in [5.41, 5.74) is 2.27. The Labute approximate surface area is 157 Å². The van der Waals surface area contributed by atoms with Crippen molar-refractivity contribution in [1.29, 1.82) is 0 Å². The lowest BCUT2D eigenvalue weighted by atomic mass is 10.0. The lowest BCUT2D eigenvalue weighted by molar-refractivity contribution is -0.116. The van der Waals surface area contributed by atoms with Crippen LogP contribution in [0.1, 0.15) is 5.56 Å². The van der Waals surface area contributed by atoms with Crippen LogP contribution >= 0.6 is 23.5 Å². The number of allylic oxidation sites excluding steroid dienone is 2. The van der Waals surface area contributed by atoms with Gasteiger partial charge < -0.3 is 4.90 Å². The van der Waals surface area contributed by atoms with E-state index >= 15 is 0 Å². The van der Waals surface area contributed by atoms with Gasteiger partial charge in [0.2, 0.25) is 5.91 Å². The van der Waals surface area contributed by atoms with E-state index in [4.69, 9.17) is 0 Å². The predicted molar refractivity (Wildman–Crippen MR) is 108 cm³/mol. The molecule has 2 aromatic carbocycles. The van der Waals surface area contributed by atoms with Crippen molar-refractivity contribution < 1.29 is 4.79 Å². The molecule has 1 amide bonds. The Morgan fingerprint density at radius 2 is 1.84 bits per heavy atom. The highest BCUT2D eigenvalue weighted by molar-refractivity contribution is 8.00. The zero-order valence-electron chi connectivity index (χ0n) is 14.0. The third kappa shape index (κ3) is 3.42. The van der Waals surface area contributed by atoms with Gasteiger partial charge in [0.05, 0.1) is 22.7 Å². The number of rotatable bonds is 3. The van der Waals surface area contributed by atoms with Gasteiger partial charge in [0.25, 0.3) is 0 Å². The summed E-state index contributed by atoms with van der Waals surface area (Å²) in [5.74, 6) is 0.608. The molecule has 1 heterocycles. The Balaban J connectivity index is 1.58. The summed E-state index contributed by atoms with van der Waals surface area (Å²) in [5, 5.41) is 0.285. The number of thioether (sulfide) groups is 2. The first-order valence-corrected chi connectivity index (χ1v) is 10.2. The fourth-order valence-electron chi connectivity index (χ4n) is 3.13. The normalized spacial score (nSPS) is 20.9. The summed E-state index contributed by atoms with van der Waals surface area (Å²) < 4.78 is 0. The number of anilines is 1. The zero-order chi connectivity index (χ0) is 17.2. The molecule has 2 nitrogen and oxygen atoms in total. The van der Waals surface area contributed by atoms with Crippen LogP contribution in [0.5, 0.6) is 0 Å². The predicted octanol–water partition coefficient (Wildman–Crippen LogP) is 5.09. The number of nitrogens with zero attached hydrogens (tertiary/aromatic N) is 1. The Bertz CT molecular complexity index is 841. The largest absolute Gasteiger partial charge is 0.302 e. The lowest BCUT2D eigenvalue weighted by Crippen LogP contribution is -2.48. The van der Waals surface area contributed by atoms with Gasteiger partial charge in [-0.05, 0) is 31.2 Å². The number of carbonyl (C=O) groups is 1. The van der Waals surface area contributed by atoms with Crippen molar-refractivity contribution >= 4 is 35.1 Å². The molecule has 25 heavy (non-hydrogen) atoms. The van der Waals surface area contributed by atoms with E-state index in [1.54, 1.807) is 11.8 Å². The second-order valence-corrected chi connectivity index (χ2v) is 8.44. The van der Waals surface area contributed by atoms with E-state index in [2.05, 4.69) is 61.5 Å². The molecule has 2 atom stereocenters. The van der Waals surface area contributed by atoms with Crippen LogP contribution in [-0.4, -0.2) is 23.0 Å². The van der Waals surface area contributed by atoms with Crippen molar-refractivity contribution in [3.63, 3.8) is 0 Å². The molecule has 1 aliphatic heterocycles. The van der Waals surface area contributed by atoms with Crippen molar-refractivity contribution in [3.05, 3.63) is 78.4 Å². The van der Waals surface area contributed by atoms with Gasteiger partial charge in [-0.1, -0.05) is 54.1 Å². The summed E-state index contributed by atoms with van der Waals surface area (Å²) in [6.07, 6.45) is 8.45. The second-order valence-electron chi connectivity index (χ2n) is 6.18. The highest BCUT2D eigenvalue weighted by Crippen LogP contribution is 2.43. The Morgan fingerprint density at radius 1 is 1.08 bits per heavy atom. The Kier molecular flexibility index (Phi) is 4.73. The van der Waals surface area contributed by atoms with Crippen molar-refractivity contribution in [3.8, 4) is 0 Å². The standard InChI is InChI=1S/C21H19NOS2/c1-15-10-12-16(13-11-15)24-14-21(23)22-17-6-2-4-8-19(17)25-20-9-5-3-7-18(20)22/h2-13,17,19H,14H2,1H3/t17-,19-/m1/s1. The van der Waals surface area contributed by atoms with Crippen LogP contribution < -0.4 is 4.90 Å². The smallest absolute Gasteiger partial charge is 0.237 e. The van der Waals surface area contributed by atoms with Gasteiger partial charge in [0.15, 0.2) is 0 Å². The summed E-state index contributed by atoms with van der Waals surface area (Å²) >= 11 is 3.44. The molecule has 0 N–H and O–H groups in total. The van der Waals surface area contributed by atoms with Crippen LogP contribution in [0.4, 0.5) is 5.69 Å². The molecule has 1 aliphatic carbocycles. The Morgan fingerprint density at radius 3 is 2.68 bits per heavy atom. The summed E-state index contributed by atoms with van der Waals surface area (Å²) in [4.78, 5) is 17.4. The molecule has 126 valence electrons. The van der Waals surface area contributed by atoms with Crippen LogP contribution in [0.3, 0.4) is 0 Å². The molecule has 2 aliphatic rings. The van der Waals surface area contributed by atoms with Crippen molar-refractivity contribution in [2.75, 3.05) is 10.7 Å². The molecule has 0 unspecified atom stereocenters. The van der Waals surface area contributed by atoms with Crippen LogP contribution in [0.2, 0.25) is 0 Å². The SMILES string of the molecule is Cc1ccc(SCC(=O)N2c3ccccc3S[C@@H]3C=CC=C[C@H]32)cc1. The van der Waals surface area contributed by atoms with Gasteiger partial charge >= 0.3 is 0 Å². The minimum atomic E-state index is 0.0935. The number of hydrogen-bond acceptors (Lipinski definition) is 3. The van der Waals surface area contributed by atoms with E-state index in [1.165, 1.54) is 10.5 Å². The van der Waals surface area contributed by atoms with E-state index in [0.29, 0.717) is 5.75 Å². The quantitative estimate of drug-likeness (QED) is 0.707. The minimum absolute atomic E-state index is 0.0935. The number of carbonyl (C=O) groups excluding carboxylic acids is 1. The highest BCUT2D eigenvalue weighted by atomic mass is 32.2. The molecule has 0 radical (unpaired) electrons. The average molecular weight is 366 g/mol. The number of amides is 1. The molecule has 4 rings (SSSR count). The van der Waals surface area contributed by atoms with Crippen molar-refractivity contribution in [2.45, 2.75) is 28.0 Å². The maximum absolute atomic E-state index is 13.1. The number of hydrogen-bond donors (Lipinski definition) is 0. The molecule has 2 aromatic rings. The molecular formula is C21H19NOS2. The van der Waals surface area contributed by atoms with E-state index in [-0.39, 0.29) is 17.2 Å². The van der Waals surface area contributed by atoms with E-state index in [0.717, 1.165) is 10.6 Å². The summed E-state index contributed by atoms with van der Waals surface area (Å²) in [6.45, 7) is 2.07. The van der Waals surface area contributed by atoms with Gasteiger partial charge in [-0.25, -0.2) is 0 Å². The van der Waals surface area contributed by atoms with Crippen LogP contribution in [0.25, 0.3) is 0 Å². The number of aryl methyl sites for hydroxylation is 1. The molecule has 0 saturated heterocycles. The third-order valence-corrected chi connectivity index (χ3v) is 6.70. The fraction of sp³-hybridized carbons (Fsp3) is 0.190. The van der Waals surface area contributed by atoms with Crippen molar-refractivity contribution in [2.24, 2.45) is 0 Å². The minimum Gasteiger partial charge on any atom is -0.302 e. The average Bonchev–Trinajstić information content (AvgIpc) is 2.65. The Hall–Kier alpha value is -1.91. The molecule has 0 saturated carbocycles. The molecule has 4 heteroatoms.